The van der Waals surface area contributed by atoms with Crippen LogP contribution < -0.4 is 5.32 Å². The molecule has 57 heavy (non-hydrogen) atoms. The Morgan fingerprint density at radius 2 is 1.54 bits per heavy atom. The molecule has 0 spiro atoms. The summed E-state index contributed by atoms with van der Waals surface area (Å²) in [6.45, 7) is 6.87. The summed E-state index contributed by atoms with van der Waals surface area (Å²) < 4.78 is 0. The third-order valence-corrected chi connectivity index (χ3v) is 14.3. The topological polar surface area (TPSA) is 12.0 Å². The van der Waals surface area contributed by atoms with E-state index in [9.17, 15) is 0 Å². The molecule has 0 radical (unpaired) electrons. The summed E-state index contributed by atoms with van der Waals surface area (Å²) in [7, 11) is 0. The highest BCUT2D eigenvalue weighted by Gasteiger charge is 2.43. The van der Waals surface area contributed by atoms with Crippen LogP contribution in [0.3, 0.4) is 0 Å². The molecule has 1 nitrogen and oxygen atoms in total. The molecule has 4 aromatic rings. The van der Waals surface area contributed by atoms with E-state index < -0.39 is 0 Å². The first-order chi connectivity index (χ1) is 28.1. The van der Waals surface area contributed by atoms with Crippen molar-refractivity contribution in [1.29, 1.82) is 0 Å². The second-order valence-corrected chi connectivity index (χ2v) is 17.5. The van der Waals surface area contributed by atoms with Crippen LogP contribution in [-0.2, 0) is 6.42 Å². The van der Waals surface area contributed by atoms with Crippen molar-refractivity contribution in [2.45, 2.75) is 70.3 Å². The highest BCUT2D eigenvalue weighted by molar-refractivity contribution is 5.92. The molecule has 0 aliphatic heterocycles. The normalized spacial score (nSPS) is 26.5. The maximum atomic E-state index is 4.68. The van der Waals surface area contributed by atoms with Gasteiger partial charge in [0.25, 0.3) is 0 Å². The number of hydrogen-bond donors (Lipinski definition) is 1. The average Bonchev–Trinajstić information content (AvgIpc) is 3.27. The van der Waals surface area contributed by atoms with Crippen LogP contribution in [0.1, 0.15) is 84.2 Å². The molecule has 4 aromatic carbocycles. The molecule has 1 heteroatoms. The van der Waals surface area contributed by atoms with E-state index in [1.807, 2.05) is 0 Å². The van der Waals surface area contributed by atoms with E-state index >= 15 is 0 Å². The van der Waals surface area contributed by atoms with Gasteiger partial charge in [0, 0.05) is 17.5 Å². The molecule has 0 heterocycles. The van der Waals surface area contributed by atoms with Gasteiger partial charge in [0.05, 0.1) is 6.04 Å². The van der Waals surface area contributed by atoms with E-state index in [0.29, 0.717) is 17.8 Å². The lowest BCUT2D eigenvalue weighted by Crippen LogP contribution is -2.34. The summed E-state index contributed by atoms with van der Waals surface area (Å²) >= 11 is 0. The third kappa shape index (κ3) is 6.90. The minimum absolute atomic E-state index is 0.0728. The minimum atomic E-state index is 0.0728. The van der Waals surface area contributed by atoms with E-state index in [1.54, 1.807) is 11.1 Å². The standard InChI is InChI=1S/C56H55N/c1-37-14-6-13-23-53(37)57-56(38(2)39-15-4-3-5-16-39)43-28-24-42(25-29-43)46-32-33-51-52(36-46)55(48-31-27-41-18-8-10-20-45(41)35-48)50-22-12-11-21-49(50)54(51)47-30-26-40-17-7-9-19-44(40)34-47/h3-8,10-18,20-25,28,32-33,35-36,40,43-44,47,51,54,56-57H,2,9,19,26-27,29-31,34H2,1H3. The Bertz CT molecular complexity index is 2410. The number of allylic oxidation sites excluding steroid dienone is 12. The highest BCUT2D eigenvalue weighted by atomic mass is 14.9. The zero-order valence-electron chi connectivity index (χ0n) is 33.4. The molecule has 1 saturated carbocycles. The van der Waals surface area contributed by atoms with E-state index in [2.05, 4.69) is 177 Å². The van der Waals surface area contributed by atoms with Gasteiger partial charge in [0.15, 0.2) is 0 Å². The fourth-order valence-electron chi connectivity index (χ4n) is 11.4. The van der Waals surface area contributed by atoms with Gasteiger partial charge >= 0.3 is 0 Å². The maximum Gasteiger partial charge on any atom is 0.0579 e. The molecule has 7 unspecified atom stereocenters. The summed E-state index contributed by atoms with van der Waals surface area (Å²) in [5.74, 6) is 3.49. The lowest BCUT2D eigenvalue weighted by molar-refractivity contribution is 0.164. The summed E-state index contributed by atoms with van der Waals surface area (Å²) in [6, 6.07) is 38.0. The van der Waals surface area contributed by atoms with Crippen molar-refractivity contribution in [3.05, 3.63) is 214 Å². The molecule has 1 N–H and O–H groups in total. The first kappa shape index (κ1) is 36.0. The Kier molecular flexibility index (Phi) is 9.79. The molecule has 1 fully saturated rings. The van der Waals surface area contributed by atoms with Crippen molar-refractivity contribution < 1.29 is 0 Å². The van der Waals surface area contributed by atoms with Crippen LogP contribution in [0.15, 0.2) is 181 Å². The van der Waals surface area contributed by atoms with Crippen molar-refractivity contribution in [2.75, 3.05) is 5.32 Å². The Morgan fingerprint density at radius 1 is 0.737 bits per heavy atom. The van der Waals surface area contributed by atoms with Crippen LogP contribution in [0.25, 0.3) is 17.2 Å². The second kappa shape index (κ2) is 15.5. The summed E-state index contributed by atoms with van der Waals surface area (Å²) in [4.78, 5) is 0. The number of para-hydroxylation sites is 1. The molecule has 284 valence electrons. The van der Waals surface area contributed by atoms with Crippen molar-refractivity contribution in [3.8, 4) is 0 Å². The predicted octanol–water partition coefficient (Wildman–Crippen LogP) is 14.1. The largest absolute Gasteiger partial charge is 0.377 e. The second-order valence-electron chi connectivity index (χ2n) is 17.5. The van der Waals surface area contributed by atoms with Gasteiger partial charge in [0.2, 0.25) is 0 Å². The summed E-state index contributed by atoms with van der Waals surface area (Å²) in [6.07, 6.45) is 32.4. The van der Waals surface area contributed by atoms with Gasteiger partial charge in [-0.3, -0.25) is 0 Å². The number of hydrogen-bond acceptors (Lipinski definition) is 1. The molecule has 0 saturated heterocycles. The Morgan fingerprint density at radius 3 is 2.42 bits per heavy atom. The van der Waals surface area contributed by atoms with Crippen LogP contribution in [0.5, 0.6) is 0 Å². The molecule has 0 aromatic heterocycles. The predicted molar refractivity (Wildman–Crippen MR) is 242 cm³/mol. The fourth-order valence-corrected chi connectivity index (χ4v) is 11.4. The van der Waals surface area contributed by atoms with Gasteiger partial charge in [-0.2, -0.15) is 0 Å². The van der Waals surface area contributed by atoms with Crippen LogP contribution in [0.2, 0.25) is 0 Å². The van der Waals surface area contributed by atoms with Gasteiger partial charge in [-0.1, -0.05) is 152 Å². The summed E-state index contributed by atoms with van der Waals surface area (Å²) in [5.41, 5.74) is 17.9. The number of anilines is 1. The van der Waals surface area contributed by atoms with E-state index in [4.69, 9.17) is 0 Å². The van der Waals surface area contributed by atoms with E-state index in [-0.39, 0.29) is 12.0 Å². The molecule has 0 amide bonds. The number of fused-ring (bicyclic) bond motifs is 4. The van der Waals surface area contributed by atoms with Gasteiger partial charge in [-0.25, -0.2) is 0 Å². The van der Waals surface area contributed by atoms with Gasteiger partial charge in [-0.15, -0.1) is 0 Å². The third-order valence-electron chi connectivity index (χ3n) is 14.3. The Hall–Kier alpha value is -5.40. The Balaban J connectivity index is 1.02. The smallest absolute Gasteiger partial charge is 0.0579 e. The van der Waals surface area contributed by atoms with Crippen molar-refractivity contribution >= 4 is 22.9 Å². The number of rotatable bonds is 8. The zero-order valence-corrected chi connectivity index (χ0v) is 33.4. The molecular formula is C56H55N. The highest BCUT2D eigenvalue weighted by Crippen LogP contribution is 2.56. The molecule has 6 aliphatic carbocycles. The minimum Gasteiger partial charge on any atom is -0.377 e. The first-order valence-corrected chi connectivity index (χ1v) is 21.7. The number of aryl methyl sites for hydroxylation is 2. The van der Waals surface area contributed by atoms with Gasteiger partial charge in [-0.05, 0) is 161 Å². The molecule has 6 aliphatic rings. The Labute approximate surface area is 340 Å². The SMILES string of the molecule is C=C(c1ccccc1)C(Nc1ccccc1C)C1C=CC(C2=CC3=C(C4=Cc5ccccc5CC4)c4ccccc4C(C4CCC5C=CCCC5C4)C3C=C2)=CC1. The van der Waals surface area contributed by atoms with Crippen LogP contribution in [-0.4, -0.2) is 6.04 Å². The lowest BCUT2D eigenvalue weighted by atomic mass is 9.58. The van der Waals surface area contributed by atoms with Crippen LogP contribution >= 0.6 is 0 Å². The van der Waals surface area contributed by atoms with Gasteiger partial charge < -0.3 is 5.32 Å². The molecule has 0 bridgehead atoms. The van der Waals surface area contributed by atoms with E-state index in [0.717, 1.165) is 36.7 Å². The van der Waals surface area contributed by atoms with Gasteiger partial charge in [0.1, 0.15) is 0 Å². The first-order valence-electron chi connectivity index (χ1n) is 21.7. The van der Waals surface area contributed by atoms with Crippen LogP contribution in [0, 0.1) is 36.5 Å². The monoisotopic (exact) mass is 741 g/mol. The lowest BCUT2D eigenvalue weighted by Gasteiger charge is -2.46. The van der Waals surface area contributed by atoms with Crippen molar-refractivity contribution in [1.82, 2.24) is 0 Å². The maximum absolute atomic E-state index is 4.68. The van der Waals surface area contributed by atoms with E-state index in [1.165, 1.54) is 87.9 Å². The van der Waals surface area contributed by atoms with Crippen LogP contribution in [0.4, 0.5) is 5.69 Å². The van der Waals surface area contributed by atoms with Crippen molar-refractivity contribution in [2.24, 2.45) is 29.6 Å². The summed E-state index contributed by atoms with van der Waals surface area (Å²) in [5, 5.41) is 3.93. The molecular weight excluding hydrogens is 687 g/mol. The number of nitrogens with one attached hydrogen (secondary N) is 1. The fraction of sp³-hybridized carbons (Fsp3) is 0.286. The zero-order chi connectivity index (χ0) is 38.3. The average molecular weight is 742 g/mol. The van der Waals surface area contributed by atoms with Crippen molar-refractivity contribution in [3.63, 3.8) is 0 Å². The molecule has 10 rings (SSSR count). The quantitative estimate of drug-likeness (QED) is 0.177. The molecule has 7 atom stereocenters. The number of benzene rings is 4.